The molecule has 8 nitrogen and oxygen atoms in total. The Labute approximate surface area is 232 Å². The summed E-state index contributed by atoms with van der Waals surface area (Å²) in [5, 5.41) is 13.8. The highest BCUT2D eigenvalue weighted by Gasteiger charge is 2.79. The summed E-state index contributed by atoms with van der Waals surface area (Å²) in [5.41, 5.74) is -1.63. The van der Waals surface area contributed by atoms with E-state index < -0.39 is 46.6 Å². The molecule has 0 saturated carbocycles. The first-order chi connectivity index (χ1) is 18.2. The molecule has 2 unspecified atom stereocenters. The van der Waals surface area contributed by atoms with E-state index in [-0.39, 0.29) is 30.4 Å². The lowest BCUT2D eigenvalue weighted by Crippen LogP contribution is -2.61. The number of aliphatic hydroxyl groups is 1. The number of amides is 2. The second kappa shape index (κ2) is 10.5. The quantitative estimate of drug-likeness (QED) is 0.438. The van der Waals surface area contributed by atoms with E-state index in [9.17, 15) is 19.5 Å². The minimum absolute atomic E-state index is 0.0344. The molecule has 2 amide bonds. The summed E-state index contributed by atoms with van der Waals surface area (Å²) in [6, 6.07) is 8.01. The molecule has 2 N–H and O–H groups in total. The van der Waals surface area contributed by atoms with Crippen molar-refractivity contribution in [2.75, 3.05) is 13.2 Å². The normalized spacial score (nSPS) is 30.8. The van der Waals surface area contributed by atoms with Gasteiger partial charge in [0.05, 0.1) is 30.8 Å². The number of carbonyl (C=O) groups excluding carboxylic acids is 3. The number of nitrogens with one attached hydrogen (secondary N) is 1. The molecule has 3 fully saturated rings. The Morgan fingerprint density at radius 3 is 2.38 bits per heavy atom. The van der Waals surface area contributed by atoms with Crippen LogP contribution in [-0.2, 0) is 30.3 Å². The minimum Gasteiger partial charge on any atom is -0.466 e. The number of hydrogen-bond donors (Lipinski definition) is 2. The largest absolute Gasteiger partial charge is 0.466 e. The smallest absolute Gasteiger partial charge is 0.312 e. The number of rotatable bonds is 10. The molecule has 0 aromatic heterocycles. The number of hydrogen-bond acceptors (Lipinski definition) is 6. The number of ether oxygens (including phenoxy) is 2. The lowest BCUT2D eigenvalue weighted by atomic mass is 9.65. The Morgan fingerprint density at radius 2 is 1.82 bits per heavy atom. The number of carbonyl (C=O) groups is 3. The summed E-state index contributed by atoms with van der Waals surface area (Å²) in [7, 11) is 0. The van der Waals surface area contributed by atoms with Crippen molar-refractivity contribution in [1.82, 2.24) is 10.2 Å². The molecule has 6 atom stereocenters. The highest BCUT2D eigenvalue weighted by molar-refractivity contribution is 5.99. The molecule has 1 aromatic carbocycles. The number of benzene rings is 1. The molecular weight excluding hydrogens is 496 g/mol. The highest BCUT2D eigenvalue weighted by Crippen LogP contribution is 2.64. The van der Waals surface area contributed by atoms with Crippen LogP contribution in [0.3, 0.4) is 0 Å². The van der Waals surface area contributed by atoms with E-state index in [1.165, 1.54) is 4.90 Å². The van der Waals surface area contributed by atoms with Gasteiger partial charge in [0.25, 0.3) is 0 Å². The van der Waals surface area contributed by atoms with Crippen molar-refractivity contribution in [3.05, 3.63) is 35.9 Å². The number of likely N-dealkylation sites (tertiary alicyclic amines) is 1. The van der Waals surface area contributed by atoms with Gasteiger partial charge in [-0.1, -0.05) is 58.0 Å². The van der Waals surface area contributed by atoms with Crippen LogP contribution in [0.1, 0.15) is 79.7 Å². The molecule has 3 saturated heterocycles. The molecule has 3 aliphatic rings. The number of aliphatic hydroxyl groups excluding tert-OH is 1. The molecule has 3 heterocycles. The van der Waals surface area contributed by atoms with Crippen LogP contribution in [0, 0.1) is 17.3 Å². The Morgan fingerprint density at radius 1 is 1.15 bits per heavy atom. The predicted octanol–water partition coefficient (Wildman–Crippen LogP) is 3.64. The van der Waals surface area contributed by atoms with Crippen LogP contribution < -0.4 is 5.32 Å². The molecular formula is C31H46N2O6. The van der Waals surface area contributed by atoms with Gasteiger partial charge in [0.2, 0.25) is 11.8 Å². The SMILES string of the molecule is CCOC(=O)[C@H]1[C@H]2C(=O)N([C@@H](CO)Cc3ccccc3)C(C(=O)NC(C)(C)CC(C)(C)C)C23CC[C@]1(CC)O3. The summed E-state index contributed by atoms with van der Waals surface area (Å²) in [4.78, 5) is 43.6. The zero-order chi connectivity index (χ0) is 28.8. The van der Waals surface area contributed by atoms with Crippen LogP contribution in [0.5, 0.6) is 0 Å². The third kappa shape index (κ3) is 5.22. The summed E-state index contributed by atoms with van der Waals surface area (Å²) in [6.45, 7) is 13.9. The van der Waals surface area contributed by atoms with Crippen LogP contribution in [0.15, 0.2) is 30.3 Å². The highest BCUT2D eigenvalue weighted by atomic mass is 16.6. The molecule has 0 radical (unpaired) electrons. The van der Waals surface area contributed by atoms with Gasteiger partial charge in [-0.2, -0.15) is 0 Å². The molecule has 4 rings (SSSR count). The maximum Gasteiger partial charge on any atom is 0.312 e. The van der Waals surface area contributed by atoms with Crippen LogP contribution >= 0.6 is 0 Å². The van der Waals surface area contributed by atoms with Crippen molar-refractivity contribution >= 4 is 17.8 Å². The first-order valence-electron chi connectivity index (χ1n) is 14.4. The Bertz CT molecular complexity index is 1080. The fraction of sp³-hybridized carbons (Fsp3) is 0.710. The Balaban J connectivity index is 1.79. The third-order valence-electron chi connectivity index (χ3n) is 8.76. The van der Waals surface area contributed by atoms with Crippen molar-refractivity contribution in [2.24, 2.45) is 17.3 Å². The first kappa shape index (κ1) is 29.5. The molecule has 2 bridgehead atoms. The van der Waals surface area contributed by atoms with Gasteiger partial charge >= 0.3 is 5.97 Å². The number of nitrogens with zero attached hydrogens (tertiary/aromatic N) is 1. The van der Waals surface area contributed by atoms with E-state index in [1.807, 2.05) is 51.1 Å². The first-order valence-corrected chi connectivity index (χ1v) is 14.4. The molecule has 1 spiro atoms. The van der Waals surface area contributed by atoms with Gasteiger partial charge in [-0.3, -0.25) is 14.4 Å². The van der Waals surface area contributed by atoms with Crippen LogP contribution in [0.25, 0.3) is 0 Å². The second-order valence-electron chi connectivity index (χ2n) is 13.5. The van der Waals surface area contributed by atoms with E-state index in [2.05, 4.69) is 26.1 Å². The maximum atomic E-state index is 14.4. The van der Waals surface area contributed by atoms with Gasteiger partial charge in [-0.15, -0.1) is 0 Å². The predicted molar refractivity (Wildman–Crippen MR) is 148 cm³/mol. The lowest BCUT2D eigenvalue weighted by Gasteiger charge is -2.40. The summed E-state index contributed by atoms with van der Waals surface area (Å²) in [5.74, 6) is -2.69. The average Bonchev–Trinajstić information content (AvgIpc) is 3.45. The number of fused-ring (bicyclic) bond motifs is 1. The van der Waals surface area contributed by atoms with Gasteiger partial charge in [0.15, 0.2) is 0 Å². The van der Waals surface area contributed by atoms with Gasteiger partial charge < -0.3 is 24.8 Å². The van der Waals surface area contributed by atoms with Crippen LogP contribution in [-0.4, -0.2) is 69.8 Å². The zero-order valence-corrected chi connectivity index (χ0v) is 24.6. The zero-order valence-electron chi connectivity index (χ0n) is 24.6. The van der Waals surface area contributed by atoms with Crippen molar-refractivity contribution in [2.45, 2.75) is 109 Å². The van der Waals surface area contributed by atoms with Crippen LogP contribution in [0.4, 0.5) is 0 Å². The molecule has 216 valence electrons. The Kier molecular flexibility index (Phi) is 7.96. The summed E-state index contributed by atoms with van der Waals surface area (Å²) >= 11 is 0. The van der Waals surface area contributed by atoms with E-state index in [4.69, 9.17) is 9.47 Å². The van der Waals surface area contributed by atoms with Crippen molar-refractivity contribution in [3.8, 4) is 0 Å². The fourth-order valence-electron chi connectivity index (χ4n) is 7.85. The van der Waals surface area contributed by atoms with Gasteiger partial charge in [0.1, 0.15) is 17.6 Å². The topological polar surface area (TPSA) is 105 Å². The fourth-order valence-corrected chi connectivity index (χ4v) is 7.85. The summed E-state index contributed by atoms with van der Waals surface area (Å²) in [6.07, 6.45) is 2.71. The second-order valence-corrected chi connectivity index (χ2v) is 13.5. The van der Waals surface area contributed by atoms with Crippen molar-refractivity contribution < 1.29 is 29.0 Å². The van der Waals surface area contributed by atoms with E-state index in [1.54, 1.807) is 6.92 Å². The Hall–Kier alpha value is -2.45. The van der Waals surface area contributed by atoms with E-state index >= 15 is 0 Å². The van der Waals surface area contributed by atoms with Gasteiger partial charge in [-0.25, -0.2) is 0 Å². The standard InChI is InChI=1S/C31H46N2O6/c1-8-30-15-16-31(39-30)22(23(30)27(37)38-9-2)26(36)33(21(18-34)17-20-13-11-10-12-14-20)24(31)25(35)32-29(6,7)19-28(3,4)5/h10-14,21-24,34H,8-9,15-19H2,1-7H3,(H,32,35)/t21-,22+,23-,24?,30+,31?/m1/s1. The lowest BCUT2D eigenvalue weighted by molar-refractivity contribution is -0.162. The number of esters is 1. The maximum absolute atomic E-state index is 14.4. The van der Waals surface area contributed by atoms with Gasteiger partial charge in [-0.05, 0) is 63.9 Å². The van der Waals surface area contributed by atoms with E-state index in [0.717, 1.165) is 12.0 Å². The third-order valence-corrected chi connectivity index (χ3v) is 8.76. The molecule has 3 aliphatic heterocycles. The van der Waals surface area contributed by atoms with Crippen LogP contribution in [0.2, 0.25) is 0 Å². The molecule has 8 heteroatoms. The minimum atomic E-state index is -1.16. The summed E-state index contributed by atoms with van der Waals surface area (Å²) < 4.78 is 12.3. The average molecular weight is 543 g/mol. The molecule has 39 heavy (non-hydrogen) atoms. The van der Waals surface area contributed by atoms with Crippen molar-refractivity contribution in [1.29, 1.82) is 0 Å². The molecule has 1 aromatic rings. The monoisotopic (exact) mass is 542 g/mol. The van der Waals surface area contributed by atoms with Crippen molar-refractivity contribution in [3.63, 3.8) is 0 Å². The van der Waals surface area contributed by atoms with Gasteiger partial charge in [0, 0.05) is 5.54 Å². The van der Waals surface area contributed by atoms with E-state index in [0.29, 0.717) is 25.7 Å². The molecule has 0 aliphatic carbocycles.